The third kappa shape index (κ3) is 3.40. The average molecular weight is 290 g/mol. The first kappa shape index (κ1) is 13.7. The highest BCUT2D eigenvalue weighted by molar-refractivity contribution is 7.81. The quantitative estimate of drug-likeness (QED) is 0.861. The summed E-state index contributed by atoms with van der Waals surface area (Å²) in [6, 6.07) is 11.9. The summed E-state index contributed by atoms with van der Waals surface area (Å²) in [5, 5.41) is 13.1. The van der Waals surface area contributed by atoms with Crippen LogP contribution in [-0.4, -0.2) is 39.7 Å². The summed E-state index contributed by atoms with van der Waals surface area (Å²) in [6.45, 7) is 2.25. The molecule has 0 aromatic heterocycles. The van der Waals surface area contributed by atoms with Crippen LogP contribution in [0.4, 0.5) is 5.69 Å². The Hall–Kier alpha value is -1.71. The van der Waals surface area contributed by atoms with E-state index < -0.39 is 0 Å². The molecular weight excluding hydrogens is 276 g/mol. The molecule has 0 amide bonds. The molecule has 1 aliphatic heterocycles. The number of nitriles is 1. The molecule has 0 saturated carbocycles. The zero-order valence-corrected chi connectivity index (χ0v) is 12.0. The van der Waals surface area contributed by atoms with Crippen molar-refractivity contribution < 1.29 is 0 Å². The topological polar surface area (TPSA) is 42.3 Å². The van der Waals surface area contributed by atoms with Crippen LogP contribution in [-0.2, 0) is 0 Å². The van der Waals surface area contributed by atoms with Gasteiger partial charge < -0.3 is 10.2 Å². The number of hydrogen-bond acceptors (Lipinski definition) is 3. The summed E-state index contributed by atoms with van der Waals surface area (Å²) >= 11 is 10.8. The lowest BCUT2D eigenvalue weighted by Crippen LogP contribution is -2.38. The van der Waals surface area contributed by atoms with E-state index in [1.165, 1.54) is 0 Å². The number of para-hydroxylation sites is 1. The fourth-order valence-corrected chi connectivity index (χ4v) is 2.59. The summed E-state index contributed by atoms with van der Waals surface area (Å²) < 4.78 is 0. The molecule has 0 radical (unpaired) electrons. The molecule has 0 spiro atoms. The fourth-order valence-electron chi connectivity index (χ4n) is 1.88. The molecule has 1 aromatic carbocycles. The molecule has 0 aliphatic carbocycles. The van der Waals surface area contributed by atoms with E-state index in [0.717, 1.165) is 18.8 Å². The Balaban J connectivity index is 1.94. The first-order chi connectivity index (χ1) is 9.22. The highest BCUT2D eigenvalue weighted by Gasteiger charge is 2.27. The van der Waals surface area contributed by atoms with Gasteiger partial charge >= 0.3 is 0 Å². The van der Waals surface area contributed by atoms with Gasteiger partial charge in [-0.25, -0.2) is 0 Å². The van der Waals surface area contributed by atoms with Crippen molar-refractivity contribution in [2.75, 3.05) is 25.0 Å². The first-order valence-corrected chi connectivity index (χ1v) is 6.83. The van der Waals surface area contributed by atoms with Crippen molar-refractivity contribution in [3.05, 3.63) is 30.3 Å². The van der Waals surface area contributed by atoms with Gasteiger partial charge in [-0.15, -0.1) is 0 Å². The average Bonchev–Trinajstić information content (AvgIpc) is 2.79. The molecule has 1 aliphatic rings. The number of thiocarbonyl (C=S) groups is 2. The van der Waals surface area contributed by atoms with Crippen LogP contribution < -0.4 is 5.32 Å². The van der Waals surface area contributed by atoms with Crippen LogP contribution in [0, 0.1) is 11.3 Å². The molecule has 2 rings (SSSR count). The van der Waals surface area contributed by atoms with E-state index in [0.29, 0.717) is 23.2 Å². The number of nitrogens with zero attached hydrogens (tertiary/aromatic N) is 3. The Kier molecular flexibility index (Phi) is 4.66. The van der Waals surface area contributed by atoms with Crippen molar-refractivity contribution in [1.29, 1.82) is 5.26 Å². The van der Waals surface area contributed by atoms with Crippen LogP contribution in [0.15, 0.2) is 30.3 Å². The van der Waals surface area contributed by atoms with Gasteiger partial charge in [-0.3, -0.25) is 4.90 Å². The van der Waals surface area contributed by atoms with Gasteiger partial charge in [0, 0.05) is 25.3 Å². The van der Waals surface area contributed by atoms with E-state index in [-0.39, 0.29) is 0 Å². The molecule has 1 saturated heterocycles. The highest BCUT2D eigenvalue weighted by Crippen LogP contribution is 2.13. The maximum Gasteiger partial charge on any atom is 0.179 e. The second kappa shape index (κ2) is 6.45. The summed E-state index contributed by atoms with van der Waals surface area (Å²) in [6.07, 6.45) is 0.479. The zero-order valence-electron chi connectivity index (χ0n) is 10.4. The van der Waals surface area contributed by atoms with E-state index >= 15 is 0 Å². The normalized spacial score (nSPS) is 14.4. The Morgan fingerprint density at radius 2 is 2.05 bits per heavy atom. The van der Waals surface area contributed by atoms with Crippen molar-refractivity contribution in [1.82, 2.24) is 9.80 Å². The van der Waals surface area contributed by atoms with Gasteiger partial charge in [0.1, 0.15) is 0 Å². The summed E-state index contributed by atoms with van der Waals surface area (Å²) in [5.41, 5.74) is 0.950. The minimum absolute atomic E-state index is 0.479. The largest absolute Gasteiger partial charge is 0.346 e. The van der Waals surface area contributed by atoms with Crippen molar-refractivity contribution in [2.45, 2.75) is 6.42 Å². The van der Waals surface area contributed by atoms with E-state index in [1.807, 2.05) is 40.1 Å². The monoisotopic (exact) mass is 290 g/mol. The fraction of sp³-hybridized carbons (Fsp3) is 0.308. The Morgan fingerprint density at radius 3 is 2.74 bits per heavy atom. The molecule has 1 aromatic rings. The second-order valence-electron chi connectivity index (χ2n) is 4.13. The highest BCUT2D eigenvalue weighted by atomic mass is 32.1. The number of benzene rings is 1. The van der Waals surface area contributed by atoms with Crippen LogP contribution in [0.5, 0.6) is 0 Å². The van der Waals surface area contributed by atoms with E-state index in [9.17, 15) is 0 Å². The zero-order chi connectivity index (χ0) is 13.7. The Bertz CT molecular complexity index is 509. The lowest BCUT2D eigenvalue weighted by atomic mass is 10.3. The summed E-state index contributed by atoms with van der Waals surface area (Å²) in [5.74, 6) is 0. The van der Waals surface area contributed by atoms with Gasteiger partial charge in [0.15, 0.2) is 10.2 Å². The smallest absolute Gasteiger partial charge is 0.179 e. The van der Waals surface area contributed by atoms with Crippen LogP contribution >= 0.6 is 24.4 Å². The van der Waals surface area contributed by atoms with E-state index in [2.05, 4.69) is 11.4 Å². The van der Waals surface area contributed by atoms with Crippen molar-refractivity contribution >= 4 is 40.3 Å². The van der Waals surface area contributed by atoms with Gasteiger partial charge in [0.25, 0.3) is 0 Å². The summed E-state index contributed by atoms with van der Waals surface area (Å²) in [7, 11) is 0. The molecule has 19 heavy (non-hydrogen) atoms. The van der Waals surface area contributed by atoms with Gasteiger partial charge in [-0.1, -0.05) is 18.2 Å². The molecular formula is C13H14N4S2. The van der Waals surface area contributed by atoms with Crippen molar-refractivity contribution in [3.63, 3.8) is 0 Å². The number of rotatable bonds is 3. The number of hydrogen-bond donors (Lipinski definition) is 1. The minimum Gasteiger partial charge on any atom is -0.346 e. The van der Waals surface area contributed by atoms with E-state index in [1.54, 1.807) is 0 Å². The molecule has 0 bridgehead atoms. The molecule has 1 heterocycles. The molecule has 98 valence electrons. The lowest BCUT2D eigenvalue weighted by Gasteiger charge is -2.22. The van der Waals surface area contributed by atoms with Crippen LogP contribution in [0.1, 0.15) is 6.42 Å². The van der Waals surface area contributed by atoms with Gasteiger partial charge in [0.2, 0.25) is 0 Å². The number of anilines is 1. The molecule has 4 nitrogen and oxygen atoms in total. The maximum absolute atomic E-state index is 8.61. The molecule has 1 fully saturated rings. The maximum atomic E-state index is 8.61. The van der Waals surface area contributed by atoms with Crippen molar-refractivity contribution in [3.8, 4) is 6.07 Å². The van der Waals surface area contributed by atoms with Gasteiger partial charge in [-0.05, 0) is 36.6 Å². The first-order valence-electron chi connectivity index (χ1n) is 6.02. The molecule has 1 N–H and O–H groups in total. The predicted octanol–water partition coefficient (Wildman–Crippen LogP) is 2.20. The lowest BCUT2D eigenvalue weighted by molar-refractivity contribution is 0.478. The SMILES string of the molecule is N#CCCN1CCN(C(=S)Nc2ccccc2)C1=S. The third-order valence-corrected chi connectivity index (χ3v) is 3.66. The van der Waals surface area contributed by atoms with Crippen LogP contribution in [0.2, 0.25) is 0 Å². The minimum atomic E-state index is 0.479. The van der Waals surface area contributed by atoms with Gasteiger partial charge in [-0.2, -0.15) is 5.26 Å². The summed E-state index contributed by atoms with van der Waals surface area (Å²) in [4.78, 5) is 3.91. The van der Waals surface area contributed by atoms with Crippen LogP contribution in [0.3, 0.4) is 0 Å². The van der Waals surface area contributed by atoms with Crippen LogP contribution in [0.25, 0.3) is 0 Å². The van der Waals surface area contributed by atoms with E-state index in [4.69, 9.17) is 29.7 Å². The Morgan fingerprint density at radius 1 is 1.32 bits per heavy atom. The molecule has 0 atom stereocenters. The van der Waals surface area contributed by atoms with Gasteiger partial charge in [0.05, 0.1) is 12.5 Å². The third-order valence-electron chi connectivity index (χ3n) is 2.86. The standard InChI is InChI=1S/C13H14N4S2/c14-7-4-8-16-9-10-17(13(16)19)12(18)15-11-5-2-1-3-6-11/h1-3,5-6H,4,8-10H2,(H,15,18). The van der Waals surface area contributed by atoms with Crippen molar-refractivity contribution in [2.24, 2.45) is 0 Å². The molecule has 0 unspecified atom stereocenters. The number of nitrogens with one attached hydrogen (secondary N) is 1. The second-order valence-corrected chi connectivity index (χ2v) is 4.88. The Labute approximate surface area is 123 Å². The molecule has 6 heteroatoms. The predicted molar refractivity (Wildman–Crippen MR) is 83.8 cm³/mol.